The molecule has 2 aromatic rings. The molecule has 2 heterocycles. The van der Waals surface area contributed by atoms with Crippen LogP contribution in [0.3, 0.4) is 0 Å². The maximum absolute atomic E-state index is 12.7. The van der Waals surface area contributed by atoms with Gasteiger partial charge in [-0.15, -0.1) is 11.3 Å². The van der Waals surface area contributed by atoms with Gasteiger partial charge >= 0.3 is 0 Å². The molecule has 0 unspecified atom stereocenters. The smallest absolute Gasteiger partial charge is 0.265 e. The minimum Gasteiger partial charge on any atom is -0.495 e. The van der Waals surface area contributed by atoms with Crippen LogP contribution in [0.4, 0.5) is 5.69 Å². The standard InChI is InChI=1S/C20H22N2O4S/c1-25-16-6-5-14(20(24)22-7-9-26-10-8-22)11-15(16)21-19(23)18-12-13-3-2-4-17(13)27-18/h5-6,11-12H,2-4,7-10H2,1H3,(H,21,23). The van der Waals surface area contributed by atoms with Gasteiger partial charge in [-0.2, -0.15) is 0 Å². The van der Waals surface area contributed by atoms with Gasteiger partial charge in [0.2, 0.25) is 0 Å². The molecular weight excluding hydrogens is 364 g/mol. The van der Waals surface area contributed by atoms with E-state index in [1.54, 1.807) is 41.5 Å². The molecule has 4 rings (SSSR count). The molecule has 0 atom stereocenters. The Hall–Kier alpha value is -2.38. The summed E-state index contributed by atoms with van der Waals surface area (Å²) < 4.78 is 10.7. The lowest BCUT2D eigenvalue weighted by Crippen LogP contribution is -2.40. The molecule has 7 heteroatoms. The van der Waals surface area contributed by atoms with Crippen molar-refractivity contribution >= 4 is 28.8 Å². The third-order valence-electron chi connectivity index (χ3n) is 4.96. The van der Waals surface area contributed by atoms with Gasteiger partial charge in [-0.1, -0.05) is 0 Å². The summed E-state index contributed by atoms with van der Waals surface area (Å²) in [7, 11) is 1.55. The Morgan fingerprint density at radius 1 is 1.19 bits per heavy atom. The van der Waals surface area contributed by atoms with E-state index in [4.69, 9.17) is 9.47 Å². The van der Waals surface area contributed by atoms with Gasteiger partial charge in [-0.3, -0.25) is 9.59 Å². The zero-order valence-electron chi connectivity index (χ0n) is 15.2. The van der Waals surface area contributed by atoms with E-state index in [0.717, 1.165) is 12.8 Å². The predicted octanol–water partition coefficient (Wildman–Crippen LogP) is 2.97. The molecule has 27 heavy (non-hydrogen) atoms. The predicted molar refractivity (Wildman–Crippen MR) is 104 cm³/mol. The lowest BCUT2D eigenvalue weighted by molar-refractivity contribution is 0.0303. The van der Waals surface area contributed by atoms with Crippen molar-refractivity contribution in [1.29, 1.82) is 0 Å². The first-order chi connectivity index (χ1) is 13.2. The lowest BCUT2D eigenvalue weighted by atomic mass is 10.1. The Kier molecular flexibility index (Phi) is 5.13. The molecule has 0 radical (unpaired) electrons. The number of nitrogens with zero attached hydrogens (tertiary/aromatic N) is 1. The monoisotopic (exact) mass is 386 g/mol. The molecule has 0 saturated carbocycles. The van der Waals surface area contributed by atoms with E-state index in [1.165, 1.54) is 16.9 Å². The van der Waals surface area contributed by atoms with Gasteiger partial charge in [0.05, 0.1) is 30.9 Å². The number of carbonyl (C=O) groups excluding carboxylic acids is 2. The summed E-state index contributed by atoms with van der Waals surface area (Å²) in [5, 5.41) is 2.92. The first kappa shape index (κ1) is 18.0. The Morgan fingerprint density at radius 2 is 2.00 bits per heavy atom. The average Bonchev–Trinajstić information content (AvgIpc) is 3.30. The molecule has 1 saturated heterocycles. The van der Waals surface area contributed by atoms with Crippen molar-refractivity contribution < 1.29 is 19.1 Å². The molecule has 1 fully saturated rings. The van der Waals surface area contributed by atoms with Gasteiger partial charge in [0.15, 0.2) is 0 Å². The zero-order valence-corrected chi connectivity index (χ0v) is 16.1. The van der Waals surface area contributed by atoms with Crippen molar-refractivity contribution in [3.05, 3.63) is 45.1 Å². The van der Waals surface area contributed by atoms with Crippen LogP contribution in [0.5, 0.6) is 5.75 Å². The van der Waals surface area contributed by atoms with Crippen molar-refractivity contribution in [2.75, 3.05) is 38.7 Å². The van der Waals surface area contributed by atoms with Gasteiger partial charge in [0.25, 0.3) is 11.8 Å². The first-order valence-corrected chi connectivity index (χ1v) is 9.95. The van der Waals surface area contributed by atoms with Crippen LogP contribution in [0.1, 0.15) is 36.9 Å². The minimum absolute atomic E-state index is 0.0634. The average molecular weight is 386 g/mol. The second-order valence-electron chi connectivity index (χ2n) is 6.69. The van der Waals surface area contributed by atoms with E-state index in [0.29, 0.717) is 48.2 Å². The molecule has 1 aromatic carbocycles. The maximum atomic E-state index is 12.7. The third kappa shape index (κ3) is 3.70. The van der Waals surface area contributed by atoms with Crippen LogP contribution in [0.15, 0.2) is 24.3 Å². The number of anilines is 1. The largest absolute Gasteiger partial charge is 0.495 e. The highest BCUT2D eigenvalue weighted by Gasteiger charge is 2.22. The fraction of sp³-hybridized carbons (Fsp3) is 0.400. The topological polar surface area (TPSA) is 67.9 Å². The van der Waals surface area contributed by atoms with Crippen LogP contribution in [0.25, 0.3) is 0 Å². The van der Waals surface area contributed by atoms with Gasteiger partial charge < -0.3 is 19.7 Å². The van der Waals surface area contributed by atoms with Crippen molar-refractivity contribution in [3.8, 4) is 5.75 Å². The summed E-state index contributed by atoms with van der Waals surface area (Å²) in [5.74, 6) is 0.307. The minimum atomic E-state index is -0.163. The molecule has 0 spiro atoms. The third-order valence-corrected chi connectivity index (χ3v) is 6.20. The number of fused-ring (bicyclic) bond motifs is 1. The highest BCUT2D eigenvalue weighted by Crippen LogP contribution is 2.32. The molecule has 142 valence electrons. The van der Waals surface area contributed by atoms with E-state index in [-0.39, 0.29) is 11.8 Å². The van der Waals surface area contributed by atoms with Crippen LogP contribution in [0, 0.1) is 0 Å². The van der Waals surface area contributed by atoms with Crippen LogP contribution < -0.4 is 10.1 Å². The van der Waals surface area contributed by atoms with E-state index < -0.39 is 0 Å². The van der Waals surface area contributed by atoms with Crippen LogP contribution >= 0.6 is 11.3 Å². The fourth-order valence-electron chi connectivity index (χ4n) is 3.51. The van der Waals surface area contributed by atoms with Gasteiger partial charge in [0, 0.05) is 23.5 Å². The first-order valence-electron chi connectivity index (χ1n) is 9.13. The molecular formula is C20H22N2O4S. The molecule has 1 N–H and O–H groups in total. The Balaban J connectivity index is 1.55. The molecule has 1 aromatic heterocycles. The molecule has 2 aliphatic rings. The molecule has 1 aliphatic heterocycles. The normalized spacial score (nSPS) is 16.1. The Labute approximate surface area is 162 Å². The summed E-state index contributed by atoms with van der Waals surface area (Å²) >= 11 is 1.55. The van der Waals surface area contributed by atoms with Gasteiger partial charge in [0.1, 0.15) is 5.75 Å². The number of hydrogen-bond donors (Lipinski definition) is 1. The number of carbonyl (C=O) groups is 2. The Morgan fingerprint density at radius 3 is 2.74 bits per heavy atom. The van der Waals surface area contributed by atoms with Crippen molar-refractivity contribution in [2.45, 2.75) is 19.3 Å². The van der Waals surface area contributed by atoms with Crippen LogP contribution in [-0.2, 0) is 17.6 Å². The number of nitrogens with one attached hydrogen (secondary N) is 1. The number of methoxy groups -OCH3 is 1. The number of thiophene rings is 1. The summed E-state index contributed by atoms with van der Waals surface area (Å²) in [5.41, 5.74) is 2.32. The molecule has 6 nitrogen and oxygen atoms in total. The maximum Gasteiger partial charge on any atom is 0.265 e. The molecule has 1 aliphatic carbocycles. The van der Waals surface area contributed by atoms with E-state index in [9.17, 15) is 9.59 Å². The lowest BCUT2D eigenvalue weighted by Gasteiger charge is -2.27. The quantitative estimate of drug-likeness (QED) is 0.877. The highest BCUT2D eigenvalue weighted by atomic mass is 32.1. The number of hydrogen-bond acceptors (Lipinski definition) is 5. The summed E-state index contributed by atoms with van der Waals surface area (Å²) in [6.45, 7) is 2.25. The number of amides is 2. The summed E-state index contributed by atoms with van der Waals surface area (Å²) in [4.78, 5) is 29.2. The number of morpholine rings is 1. The van der Waals surface area contributed by atoms with Crippen molar-refractivity contribution in [3.63, 3.8) is 0 Å². The zero-order chi connectivity index (χ0) is 18.8. The van der Waals surface area contributed by atoms with E-state index in [1.807, 2.05) is 6.07 Å². The van der Waals surface area contributed by atoms with Crippen molar-refractivity contribution in [1.82, 2.24) is 4.90 Å². The highest BCUT2D eigenvalue weighted by molar-refractivity contribution is 7.14. The fourth-order valence-corrected chi connectivity index (χ4v) is 4.66. The summed E-state index contributed by atoms with van der Waals surface area (Å²) in [6, 6.07) is 7.12. The number of benzene rings is 1. The number of rotatable bonds is 4. The summed E-state index contributed by atoms with van der Waals surface area (Å²) in [6.07, 6.45) is 3.27. The molecule has 0 bridgehead atoms. The van der Waals surface area contributed by atoms with Crippen molar-refractivity contribution in [2.24, 2.45) is 0 Å². The Bertz CT molecular complexity index is 849. The van der Waals surface area contributed by atoms with Crippen LogP contribution in [-0.4, -0.2) is 50.1 Å². The van der Waals surface area contributed by atoms with E-state index in [2.05, 4.69) is 5.32 Å². The number of aryl methyl sites for hydroxylation is 2. The van der Waals surface area contributed by atoms with E-state index >= 15 is 0 Å². The van der Waals surface area contributed by atoms with Gasteiger partial charge in [-0.25, -0.2) is 0 Å². The molecule has 2 amide bonds. The number of ether oxygens (including phenoxy) is 2. The second-order valence-corrected chi connectivity index (χ2v) is 7.82. The SMILES string of the molecule is COc1ccc(C(=O)N2CCOCC2)cc1NC(=O)c1cc2c(s1)CCC2. The van der Waals surface area contributed by atoms with Gasteiger partial charge in [-0.05, 0) is 49.1 Å². The van der Waals surface area contributed by atoms with Crippen LogP contribution in [0.2, 0.25) is 0 Å². The second kappa shape index (κ2) is 7.70.